The van der Waals surface area contributed by atoms with E-state index in [9.17, 15) is 0 Å². The fourth-order valence-corrected chi connectivity index (χ4v) is 1.99. The van der Waals surface area contributed by atoms with Crippen molar-refractivity contribution in [2.24, 2.45) is 7.05 Å². The summed E-state index contributed by atoms with van der Waals surface area (Å²) in [5, 5.41) is 14.6. The molecule has 0 unspecified atom stereocenters. The minimum Gasteiger partial charge on any atom is -0.378 e. The molecule has 0 atom stereocenters. The summed E-state index contributed by atoms with van der Waals surface area (Å²) in [7, 11) is 1.98. The van der Waals surface area contributed by atoms with E-state index in [1.54, 1.807) is 17.2 Å². The van der Waals surface area contributed by atoms with Crippen molar-refractivity contribution in [3.63, 3.8) is 0 Å². The zero-order valence-electron chi connectivity index (χ0n) is 11.4. The number of anilines is 1. The second-order valence-corrected chi connectivity index (χ2v) is 4.56. The number of hydrogen-bond acceptors (Lipinski definition) is 5. The van der Waals surface area contributed by atoms with Gasteiger partial charge in [0.05, 0.1) is 12.2 Å². The first-order chi connectivity index (χ1) is 9.74. The van der Waals surface area contributed by atoms with Gasteiger partial charge in [0.15, 0.2) is 0 Å². The van der Waals surface area contributed by atoms with Crippen LogP contribution in [0.5, 0.6) is 0 Å². The van der Waals surface area contributed by atoms with Crippen molar-refractivity contribution < 1.29 is 0 Å². The maximum Gasteiger partial charge on any atom is 0.143 e. The molecule has 2 aromatic heterocycles. The van der Waals surface area contributed by atoms with Gasteiger partial charge in [-0.05, 0) is 35.0 Å². The Morgan fingerprint density at radius 2 is 2.20 bits per heavy atom. The highest BCUT2D eigenvalue weighted by atomic mass is 15.5. The van der Waals surface area contributed by atoms with Crippen LogP contribution in [-0.2, 0) is 13.6 Å². The molecule has 0 radical (unpaired) electrons. The Balaban J connectivity index is 1.81. The number of nitrogens with zero attached hydrogens (tertiary/aromatic N) is 6. The van der Waals surface area contributed by atoms with Gasteiger partial charge in [-0.3, -0.25) is 0 Å². The average molecular weight is 269 g/mol. The predicted octanol–water partition coefficient (Wildman–Crippen LogP) is 1.32. The minimum absolute atomic E-state index is 0.668. The van der Waals surface area contributed by atoms with Crippen LogP contribution in [-0.4, -0.2) is 29.8 Å². The van der Waals surface area contributed by atoms with Gasteiger partial charge in [-0.1, -0.05) is 6.07 Å². The number of imidazole rings is 1. The van der Waals surface area contributed by atoms with Gasteiger partial charge < -0.3 is 9.88 Å². The molecule has 1 aromatic carbocycles. The maximum atomic E-state index is 4.28. The molecule has 0 aliphatic rings. The SMILES string of the molecule is Cc1ccc(NCc2nccn2C)cc1-n1cnnn1. The van der Waals surface area contributed by atoms with Gasteiger partial charge in [0, 0.05) is 25.1 Å². The Hall–Kier alpha value is -2.70. The molecule has 7 heteroatoms. The van der Waals surface area contributed by atoms with E-state index >= 15 is 0 Å². The highest BCUT2D eigenvalue weighted by molar-refractivity contribution is 5.54. The van der Waals surface area contributed by atoms with Crippen molar-refractivity contribution in [1.29, 1.82) is 0 Å². The standard InChI is InChI=1S/C13H15N7/c1-10-3-4-11(7-12(10)20-9-16-17-18-20)15-8-13-14-5-6-19(13)2/h3-7,9,15H,8H2,1-2H3. The van der Waals surface area contributed by atoms with Crippen LogP contribution in [0.1, 0.15) is 11.4 Å². The van der Waals surface area contributed by atoms with Crippen molar-refractivity contribution >= 4 is 5.69 Å². The highest BCUT2D eigenvalue weighted by Gasteiger charge is 2.05. The molecule has 0 aliphatic heterocycles. The number of nitrogens with one attached hydrogen (secondary N) is 1. The number of hydrogen-bond donors (Lipinski definition) is 1. The van der Waals surface area contributed by atoms with Crippen LogP contribution in [0.4, 0.5) is 5.69 Å². The number of aryl methyl sites for hydroxylation is 2. The van der Waals surface area contributed by atoms with E-state index in [0.717, 1.165) is 22.8 Å². The molecule has 0 amide bonds. The normalized spacial score (nSPS) is 10.7. The lowest BCUT2D eigenvalue weighted by Crippen LogP contribution is -2.06. The number of rotatable bonds is 4. The first-order valence-electron chi connectivity index (χ1n) is 6.28. The molecular formula is C13H15N7. The van der Waals surface area contributed by atoms with Gasteiger partial charge in [0.25, 0.3) is 0 Å². The van der Waals surface area contributed by atoms with Crippen LogP contribution in [0.15, 0.2) is 36.9 Å². The molecule has 3 aromatic rings. The van der Waals surface area contributed by atoms with Crippen molar-refractivity contribution in [3.05, 3.63) is 48.3 Å². The van der Waals surface area contributed by atoms with Crippen molar-refractivity contribution in [1.82, 2.24) is 29.8 Å². The molecule has 3 rings (SSSR count). The van der Waals surface area contributed by atoms with Gasteiger partial charge >= 0.3 is 0 Å². The van der Waals surface area contributed by atoms with E-state index in [4.69, 9.17) is 0 Å². The Bertz CT molecular complexity index is 699. The maximum absolute atomic E-state index is 4.28. The molecule has 0 spiro atoms. The van der Waals surface area contributed by atoms with E-state index in [2.05, 4.69) is 25.8 Å². The summed E-state index contributed by atoms with van der Waals surface area (Å²) in [6, 6.07) is 6.10. The molecule has 2 heterocycles. The van der Waals surface area contributed by atoms with Crippen LogP contribution >= 0.6 is 0 Å². The number of aromatic nitrogens is 6. The Kier molecular flexibility index (Phi) is 3.16. The van der Waals surface area contributed by atoms with E-state index in [1.165, 1.54) is 0 Å². The van der Waals surface area contributed by atoms with Gasteiger partial charge in [0.1, 0.15) is 12.2 Å². The Morgan fingerprint density at radius 1 is 1.30 bits per heavy atom. The van der Waals surface area contributed by atoms with Crippen molar-refractivity contribution in [2.45, 2.75) is 13.5 Å². The van der Waals surface area contributed by atoms with Crippen LogP contribution < -0.4 is 5.32 Å². The van der Waals surface area contributed by atoms with Crippen LogP contribution in [0, 0.1) is 6.92 Å². The van der Waals surface area contributed by atoms with Crippen molar-refractivity contribution in [2.75, 3.05) is 5.32 Å². The zero-order valence-corrected chi connectivity index (χ0v) is 11.4. The first-order valence-corrected chi connectivity index (χ1v) is 6.28. The fraction of sp³-hybridized carbons (Fsp3) is 0.231. The van der Waals surface area contributed by atoms with E-state index in [0.29, 0.717) is 6.54 Å². The van der Waals surface area contributed by atoms with E-state index < -0.39 is 0 Å². The molecule has 0 bridgehead atoms. The van der Waals surface area contributed by atoms with Crippen LogP contribution in [0.3, 0.4) is 0 Å². The lowest BCUT2D eigenvalue weighted by atomic mass is 10.2. The molecule has 7 nitrogen and oxygen atoms in total. The summed E-state index contributed by atoms with van der Waals surface area (Å²) in [6.45, 7) is 2.70. The lowest BCUT2D eigenvalue weighted by molar-refractivity contribution is 0.784. The Labute approximate surface area is 116 Å². The second-order valence-electron chi connectivity index (χ2n) is 4.56. The third-order valence-electron chi connectivity index (χ3n) is 3.18. The molecular weight excluding hydrogens is 254 g/mol. The average Bonchev–Trinajstić information content (AvgIpc) is 3.09. The topological polar surface area (TPSA) is 73.5 Å². The van der Waals surface area contributed by atoms with Gasteiger partial charge in [-0.2, -0.15) is 0 Å². The molecule has 0 aliphatic carbocycles. The van der Waals surface area contributed by atoms with E-state index in [1.807, 2.05) is 42.9 Å². The minimum atomic E-state index is 0.668. The van der Waals surface area contributed by atoms with E-state index in [-0.39, 0.29) is 0 Å². The molecule has 1 N–H and O–H groups in total. The van der Waals surface area contributed by atoms with Crippen molar-refractivity contribution in [3.8, 4) is 5.69 Å². The first kappa shape index (κ1) is 12.3. The molecule has 0 saturated carbocycles. The van der Waals surface area contributed by atoms with Gasteiger partial charge in [0.2, 0.25) is 0 Å². The smallest absolute Gasteiger partial charge is 0.143 e. The summed E-state index contributed by atoms with van der Waals surface area (Å²) in [4.78, 5) is 4.28. The number of tetrazole rings is 1. The quantitative estimate of drug-likeness (QED) is 0.773. The molecule has 102 valence electrons. The monoisotopic (exact) mass is 269 g/mol. The molecule has 0 fully saturated rings. The van der Waals surface area contributed by atoms with Gasteiger partial charge in [-0.15, -0.1) is 5.10 Å². The molecule has 0 saturated heterocycles. The highest BCUT2D eigenvalue weighted by Crippen LogP contribution is 2.18. The third-order valence-corrected chi connectivity index (χ3v) is 3.18. The summed E-state index contributed by atoms with van der Waals surface area (Å²) in [6.07, 6.45) is 5.31. The summed E-state index contributed by atoms with van der Waals surface area (Å²) in [5.74, 6) is 0.981. The Morgan fingerprint density at radius 3 is 2.90 bits per heavy atom. The second kappa shape index (κ2) is 5.12. The fourth-order valence-electron chi connectivity index (χ4n) is 1.99. The number of benzene rings is 1. The summed E-state index contributed by atoms with van der Waals surface area (Å²) in [5.41, 5.74) is 3.07. The third kappa shape index (κ3) is 2.37. The summed E-state index contributed by atoms with van der Waals surface area (Å²) < 4.78 is 3.64. The predicted molar refractivity (Wildman–Crippen MR) is 74.4 cm³/mol. The zero-order chi connectivity index (χ0) is 13.9. The van der Waals surface area contributed by atoms with Gasteiger partial charge in [-0.25, -0.2) is 9.67 Å². The largest absolute Gasteiger partial charge is 0.378 e. The van der Waals surface area contributed by atoms with Crippen LogP contribution in [0.2, 0.25) is 0 Å². The summed E-state index contributed by atoms with van der Waals surface area (Å²) >= 11 is 0. The molecule has 20 heavy (non-hydrogen) atoms. The van der Waals surface area contributed by atoms with Crippen LogP contribution in [0.25, 0.3) is 5.69 Å². The lowest BCUT2D eigenvalue weighted by Gasteiger charge is -2.10.